The van der Waals surface area contributed by atoms with Gasteiger partial charge in [0.1, 0.15) is 17.3 Å². The Morgan fingerprint density at radius 2 is 1.85 bits per heavy atom. The fraction of sp³-hybridized carbons (Fsp3) is 0.0556. The van der Waals surface area contributed by atoms with Crippen molar-refractivity contribution in [1.82, 2.24) is 9.97 Å². The zero-order valence-corrected chi connectivity index (χ0v) is 14.9. The Kier molecular flexibility index (Phi) is 5.65. The van der Waals surface area contributed by atoms with Crippen molar-refractivity contribution in [3.8, 4) is 0 Å². The summed E-state index contributed by atoms with van der Waals surface area (Å²) in [6, 6.07) is 11.2. The molecule has 0 aliphatic heterocycles. The number of carbonyl (C=O) groups excluding carboxylic acids is 1. The SMILES string of the molecule is O=C(Nc1ccc(Cl)c(Cl)c1)c1cnc(NCc2ccccc2F)cn1. The van der Waals surface area contributed by atoms with E-state index in [2.05, 4.69) is 20.6 Å². The molecule has 3 rings (SSSR count). The van der Waals surface area contributed by atoms with E-state index >= 15 is 0 Å². The Labute approximate surface area is 159 Å². The van der Waals surface area contributed by atoms with Gasteiger partial charge in [-0.2, -0.15) is 0 Å². The molecule has 8 heteroatoms. The molecular formula is C18H13Cl2FN4O. The zero-order valence-electron chi connectivity index (χ0n) is 13.3. The monoisotopic (exact) mass is 390 g/mol. The van der Waals surface area contributed by atoms with Gasteiger partial charge in [-0.05, 0) is 24.3 Å². The van der Waals surface area contributed by atoms with Crippen molar-refractivity contribution < 1.29 is 9.18 Å². The first kappa shape index (κ1) is 18.1. The molecule has 0 saturated heterocycles. The lowest BCUT2D eigenvalue weighted by Gasteiger charge is -2.08. The van der Waals surface area contributed by atoms with E-state index in [0.29, 0.717) is 27.1 Å². The molecule has 0 spiro atoms. The van der Waals surface area contributed by atoms with Crippen LogP contribution in [0.5, 0.6) is 0 Å². The van der Waals surface area contributed by atoms with E-state index in [1.165, 1.54) is 18.5 Å². The van der Waals surface area contributed by atoms with E-state index in [0.717, 1.165) is 0 Å². The van der Waals surface area contributed by atoms with Gasteiger partial charge in [-0.1, -0.05) is 41.4 Å². The second-order valence-electron chi connectivity index (χ2n) is 5.31. The maximum Gasteiger partial charge on any atom is 0.275 e. The Morgan fingerprint density at radius 3 is 2.54 bits per heavy atom. The van der Waals surface area contributed by atoms with Crippen LogP contribution in [0.25, 0.3) is 0 Å². The van der Waals surface area contributed by atoms with Crippen molar-refractivity contribution in [3.05, 3.63) is 82.0 Å². The van der Waals surface area contributed by atoms with Gasteiger partial charge >= 0.3 is 0 Å². The lowest BCUT2D eigenvalue weighted by atomic mass is 10.2. The van der Waals surface area contributed by atoms with E-state index in [9.17, 15) is 9.18 Å². The predicted molar refractivity (Wildman–Crippen MR) is 100 cm³/mol. The van der Waals surface area contributed by atoms with Crippen LogP contribution in [-0.2, 0) is 6.54 Å². The highest BCUT2D eigenvalue weighted by atomic mass is 35.5. The lowest BCUT2D eigenvalue weighted by Crippen LogP contribution is -2.14. The number of hydrogen-bond donors (Lipinski definition) is 2. The van der Waals surface area contributed by atoms with Gasteiger partial charge in [0.15, 0.2) is 0 Å². The molecule has 0 atom stereocenters. The number of halogens is 3. The molecule has 2 N–H and O–H groups in total. The Bertz CT molecular complexity index is 935. The van der Waals surface area contributed by atoms with Crippen LogP contribution in [-0.4, -0.2) is 15.9 Å². The largest absolute Gasteiger partial charge is 0.365 e. The van der Waals surface area contributed by atoms with E-state index in [1.54, 1.807) is 36.4 Å². The molecule has 0 unspecified atom stereocenters. The maximum absolute atomic E-state index is 13.6. The first-order valence-corrected chi connectivity index (χ1v) is 8.34. The zero-order chi connectivity index (χ0) is 18.5. The fourth-order valence-electron chi connectivity index (χ4n) is 2.13. The molecule has 1 amide bonds. The van der Waals surface area contributed by atoms with Crippen LogP contribution in [0.2, 0.25) is 10.0 Å². The van der Waals surface area contributed by atoms with Gasteiger partial charge in [-0.3, -0.25) is 4.79 Å². The summed E-state index contributed by atoms with van der Waals surface area (Å²) < 4.78 is 13.6. The maximum atomic E-state index is 13.6. The lowest BCUT2D eigenvalue weighted by molar-refractivity contribution is 0.102. The van der Waals surface area contributed by atoms with Crippen molar-refractivity contribution in [1.29, 1.82) is 0 Å². The van der Waals surface area contributed by atoms with Crippen LogP contribution in [0, 0.1) is 5.82 Å². The number of benzene rings is 2. The van der Waals surface area contributed by atoms with E-state index in [-0.39, 0.29) is 18.1 Å². The molecule has 0 aliphatic carbocycles. The van der Waals surface area contributed by atoms with Gasteiger partial charge in [0.25, 0.3) is 5.91 Å². The number of rotatable bonds is 5. The number of aromatic nitrogens is 2. The normalized spacial score (nSPS) is 10.4. The molecule has 1 heterocycles. The average Bonchev–Trinajstić information content (AvgIpc) is 2.64. The van der Waals surface area contributed by atoms with Gasteiger partial charge < -0.3 is 10.6 Å². The number of hydrogen-bond acceptors (Lipinski definition) is 4. The van der Waals surface area contributed by atoms with Gasteiger partial charge in [0.2, 0.25) is 0 Å². The highest BCUT2D eigenvalue weighted by Crippen LogP contribution is 2.25. The van der Waals surface area contributed by atoms with Gasteiger partial charge in [-0.25, -0.2) is 14.4 Å². The number of anilines is 2. The van der Waals surface area contributed by atoms with Crippen molar-refractivity contribution >= 4 is 40.6 Å². The number of carbonyl (C=O) groups is 1. The molecule has 0 bridgehead atoms. The highest BCUT2D eigenvalue weighted by Gasteiger charge is 2.10. The second-order valence-corrected chi connectivity index (χ2v) is 6.13. The number of nitrogens with one attached hydrogen (secondary N) is 2. The van der Waals surface area contributed by atoms with Gasteiger partial charge in [0.05, 0.1) is 22.4 Å². The van der Waals surface area contributed by atoms with Crippen LogP contribution in [0.1, 0.15) is 16.1 Å². The average molecular weight is 391 g/mol. The first-order valence-electron chi connectivity index (χ1n) is 7.58. The molecule has 5 nitrogen and oxygen atoms in total. The molecule has 3 aromatic rings. The Balaban J connectivity index is 1.62. The molecule has 1 aromatic heterocycles. The second kappa shape index (κ2) is 8.12. The summed E-state index contributed by atoms with van der Waals surface area (Å²) in [5.41, 5.74) is 1.14. The minimum absolute atomic E-state index is 0.132. The summed E-state index contributed by atoms with van der Waals surface area (Å²) in [5, 5.41) is 6.34. The number of amides is 1. The third-order valence-electron chi connectivity index (χ3n) is 3.48. The molecule has 26 heavy (non-hydrogen) atoms. The molecule has 0 saturated carbocycles. The van der Waals surface area contributed by atoms with Crippen LogP contribution in [0.3, 0.4) is 0 Å². The van der Waals surface area contributed by atoms with Crippen molar-refractivity contribution in [3.63, 3.8) is 0 Å². The third-order valence-corrected chi connectivity index (χ3v) is 4.22. The van der Waals surface area contributed by atoms with Crippen LogP contribution < -0.4 is 10.6 Å². The third kappa shape index (κ3) is 4.47. The van der Waals surface area contributed by atoms with Crippen LogP contribution >= 0.6 is 23.2 Å². The summed E-state index contributed by atoms with van der Waals surface area (Å²) in [4.78, 5) is 20.4. The Hall–Kier alpha value is -2.70. The molecule has 0 radical (unpaired) electrons. The topological polar surface area (TPSA) is 66.9 Å². The first-order chi connectivity index (χ1) is 12.5. The number of nitrogens with zero attached hydrogens (tertiary/aromatic N) is 2. The minimum Gasteiger partial charge on any atom is -0.365 e. The summed E-state index contributed by atoms with van der Waals surface area (Å²) in [6.07, 6.45) is 2.74. The van der Waals surface area contributed by atoms with Crippen LogP contribution in [0.4, 0.5) is 15.9 Å². The van der Waals surface area contributed by atoms with Gasteiger partial charge in [0, 0.05) is 17.8 Å². The predicted octanol–water partition coefficient (Wildman–Crippen LogP) is 4.79. The molecule has 0 aliphatic rings. The molecule has 0 fully saturated rings. The molecule has 132 valence electrons. The van der Waals surface area contributed by atoms with E-state index in [1.807, 2.05) is 0 Å². The van der Waals surface area contributed by atoms with E-state index < -0.39 is 5.91 Å². The highest BCUT2D eigenvalue weighted by molar-refractivity contribution is 6.42. The summed E-state index contributed by atoms with van der Waals surface area (Å²) >= 11 is 11.8. The summed E-state index contributed by atoms with van der Waals surface area (Å²) in [6.45, 7) is 0.260. The van der Waals surface area contributed by atoms with Crippen LogP contribution in [0.15, 0.2) is 54.9 Å². The summed E-state index contributed by atoms with van der Waals surface area (Å²) in [5.74, 6) is -0.304. The smallest absolute Gasteiger partial charge is 0.275 e. The van der Waals surface area contributed by atoms with Gasteiger partial charge in [-0.15, -0.1) is 0 Å². The quantitative estimate of drug-likeness (QED) is 0.657. The standard InChI is InChI=1S/C18H13Cl2FN4O/c19-13-6-5-12(7-14(13)20)25-18(26)16-9-24-17(10-22-16)23-8-11-3-1-2-4-15(11)21/h1-7,9-10H,8H2,(H,23,24)(H,25,26). The molecular weight excluding hydrogens is 378 g/mol. The summed E-state index contributed by atoms with van der Waals surface area (Å²) in [7, 11) is 0. The van der Waals surface area contributed by atoms with Crippen molar-refractivity contribution in [2.45, 2.75) is 6.54 Å². The Morgan fingerprint density at radius 1 is 1.04 bits per heavy atom. The minimum atomic E-state index is -0.434. The molecule has 2 aromatic carbocycles. The fourth-order valence-corrected chi connectivity index (χ4v) is 2.43. The van der Waals surface area contributed by atoms with Crippen molar-refractivity contribution in [2.24, 2.45) is 0 Å². The van der Waals surface area contributed by atoms with Crippen molar-refractivity contribution in [2.75, 3.05) is 10.6 Å². The van der Waals surface area contributed by atoms with E-state index in [4.69, 9.17) is 23.2 Å².